The molecule has 0 amide bonds. The molecule has 0 saturated heterocycles. The highest BCUT2D eigenvalue weighted by Gasteiger charge is 2.13. The molecule has 0 bridgehead atoms. The molecule has 0 radical (unpaired) electrons. The van der Waals surface area contributed by atoms with Crippen LogP contribution in [-0.2, 0) is 0 Å². The van der Waals surface area contributed by atoms with Crippen LogP contribution in [0.15, 0.2) is 18.2 Å². The molecule has 0 aliphatic heterocycles. The maximum absolute atomic E-state index is 5.38. The van der Waals surface area contributed by atoms with Crippen LogP contribution in [-0.4, -0.2) is 32.3 Å². The van der Waals surface area contributed by atoms with Gasteiger partial charge in [-0.25, -0.2) is 0 Å². The summed E-state index contributed by atoms with van der Waals surface area (Å²) in [6.07, 6.45) is 1.14. The molecule has 0 aliphatic carbocycles. The van der Waals surface area contributed by atoms with Crippen molar-refractivity contribution in [3.05, 3.63) is 23.8 Å². The molecule has 0 spiro atoms. The van der Waals surface area contributed by atoms with Crippen molar-refractivity contribution in [2.24, 2.45) is 0 Å². The summed E-state index contributed by atoms with van der Waals surface area (Å²) in [6.45, 7) is 5.41. The molecule has 1 aromatic rings. The molecule has 19 heavy (non-hydrogen) atoms. The van der Waals surface area contributed by atoms with Gasteiger partial charge in [0.2, 0.25) is 0 Å². The topological polar surface area (TPSA) is 30.5 Å². The van der Waals surface area contributed by atoms with Gasteiger partial charge in [0.25, 0.3) is 0 Å². The number of nitrogens with one attached hydrogen (secondary N) is 1. The quantitative estimate of drug-likeness (QED) is 0.751. The van der Waals surface area contributed by atoms with Crippen LogP contribution in [0.5, 0.6) is 11.5 Å². The van der Waals surface area contributed by atoms with E-state index in [2.05, 4.69) is 31.3 Å². The van der Waals surface area contributed by atoms with Gasteiger partial charge in [-0.2, -0.15) is 11.8 Å². The number of benzene rings is 1. The van der Waals surface area contributed by atoms with Crippen LogP contribution in [0.4, 0.5) is 0 Å². The lowest BCUT2D eigenvalue weighted by molar-refractivity contribution is 0.354. The van der Waals surface area contributed by atoms with Crippen LogP contribution < -0.4 is 14.8 Å². The maximum Gasteiger partial charge on any atom is 0.161 e. The Hall–Kier alpha value is -0.870. The van der Waals surface area contributed by atoms with Crippen molar-refractivity contribution < 1.29 is 9.47 Å². The number of thioether (sulfide) groups is 1. The third-order valence-corrected chi connectivity index (χ3v) is 3.92. The monoisotopic (exact) mass is 283 g/mol. The van der Waals surface area contributed by atoms with E-state index in [4.69, 9.17) is 9.47 Å². The maximum atomic E-state index is 5.38. The zero-order valence-electron chi connectivity index (χ0n) is 12.4. The van der Waals surface area contributed by atoms with Gasteiger partial charge in [0, 0.05) is 11.8 Å². The Bertz CT molecular complexity index is 363. The van der Waals surface area contributed by atoms with Crippen LogP contribution >= 0.6 is 11.8 Å². The molecule has 0 saturated carbocycles. The zero-order valence-corrected chi connectivity index (χ0v) is 13.2. The van der Waals surface area contributed by atoms with Crippen LogP contribution in [0.2, 0.25) is 0 Å². The van der Waals surface area contributed by atoms with Crippen LogP contribution in [0.1, 0.15) is 31.9 Å². The SMILES string of the molecule is CCCNC(CSCC)c1ccc(OC)c(OC)c1. The van der Waals surface area contributed by atoms with Crippen molar-refractivity contribution >= 4 is 11.8 Å². The summed E-state index contributed by atoms with van der Waals surface area (Å²) >= 11 is 1.95. The fraction of sp³-hybridized carbons (Fsp3) is 0.600. The average Bonchev–Trinajstić information content (AvgIpc) is 2.46. The molecule has 1 rings (SSSR count). The second-order valence-electron chi connectivity index (χ2n) is 4.28. The summed E-state index contributed by atoms with van der Waals surface area (Å²) in [5.41, 5.74) is 1.26. The largest absolute Gasteiger partial charge is 0.493 e. The third kappa shape index (κ3) is 4.96. The highest BCUT2D eigenvalue weighted by Crippen LogP contribution is 2.30. The molecule has 3 nitrogen and oxygen atoms in total. The third-order valence-electron chi connectivity index (χ3n) is 2.94. The van der Waals surface area contributed by atoms with E-state index in [0.717, 1.165) is 36.0 Å². The first-order valence-corrected chi connectivity index (χ1v) is 7.95. The number of rotatable bonds is 9. The fourth-order valence-electron chi connectivity index (χ4n) is 1.90. The average molecular weight is 283 g/mol. The Morgan fingerprint density at radius 2 is 1.89 bits per heavy atom. The number of ether oxygens (including phenoxy) is 2. The van der Waals surface area contributed by atoms with Gasteiger partial charge >= 0.3 is 0 Å². The highest BCUT2D eigenvalue weighted by atomic mass is 32.2. The second-order valence-corrected chi connectivity index (χ2v) is 5.60. The second kappa shape index (κ2) is 9.10. The Kier molecular flexibility index (Phi) is 7.75. The molecule has 1 unspecified atom stereocenters. The van der Waals surface area contributed by atoms with Crippen molar-refractivity contribution in [2.75, 3.05) is 32.3 Å². The van der Waals surface area contributed by atoms with Gasteiger partial charge in [-0.1, -0.05) is 19.9 Å². The molecule has 1 atom stereocenters. The van der Waals surface area contributed by atoms with Crippen LogP contribution in [0.3, 0.4) is 0 Å². The Balaban J connectivity index is 2.87. The van der Waals surface area contributed by atoms with E-state index in [1.54, 1.807) is 14.2 Å². The van der Waals surface area contributed by atoms with Gasteiger partial charge in [0.15, 0.2) is 11.5 Å². The van der Waals surface area contributed by atoms with Gasteiger partial charge in [0.1, 0.15) is 0 Å². The molecule has 0 heterocycles. The van der Waals surface area contributed by atoms with E-state index >= 15 is 0 Å². The van der Waals surface area contributed by atoms with Gasteiger partial charge in [-0.05, 0) is 36.4 Å². The summed E-state index contributed by atoms with van der Waals surface area (Å²) < 4.78 is 10.7. The first-order chi connectivity index (χ1) is 9.26. The van der Waals surface area contributed by atoms with E-state index in [1.165, 1.54) is 5.56 Å². The van der Waals surface area contributed by atoms with Crippen molar-refractivity contribution in [1.82, 2.24) is 5.32 Å². The highest BCUT2D eigenvalue weighted by molar-refractivity contribution is 7.99. The molecule has 0 fully saturated rings. The van der Waals surface area contributed by atoms with E-state index in [-0.39, 0.29) is 0 Å². The van der Waals surface area contributed by atoms with Crippen molar-refractivity contribution in [2.45, 2.75) is 26.3 Å². The lowest BCUT2D eigenvalue weighted by atomic mass is 10.1. The van der Waals surface area contributed by atoms with E-state index < -0.39 is 0 Å². The van der Waals surface area contributed by atoms with Gasteiger partial charge in [-0.15, -0.1) is 0 Å². The molecule has 0 aliphatic rings. The summed E-state index contributed by atoms with van der Waals surface area (Å²) in [5, 5.41) is 3.59. The lowest BCUT2D eigenvalue weighted by Crippen LogP contribution is -2.24. The number of hydrogen-bond acceptors (Lipinski definition) is 4. The van der Waals surface area contributed by atoms with E-state index in [1.807, 2.05) is 17.8 Å². The summed E-state index contributed by atoms with van der Waals surface area (Å²) in [7, 11) is 3.34. The minimum absolute atomic E-state index is 0.365. The number of methoxy groups -OCH3 is 2. The standard InChI is InChI=1S/C15H25NO2S/c1-5-9-16-13(11-19-6-2)12-7-8-14(17-3)15(10-12)18-4/h7-8,10,13,16H,5-6,9,11H2,1-4H3. The predicted octanol–water partition coefficient (Wildman–Crippen LogP) is 3.50. The van der Waals surface area contributed by atoms with E-state index in [9.17, 15) is 0 Å². The van der Waals surface area contributed by atoms with Gasteiger partial charge in [0.05, 0.1) is 14.2 Å². The summed E-state index contributed by atoms with van der Waals surface area (Å²) in [4.78, 5) is 0. The van der Waals surface area contributed by atoms with Gasteiger partial charge < -0.3 is 14.8 Å². The molecular formula is C15H25NO2S. The Morgan fingerprint density at radius 1 is 1.16 bits per heavy atom. The first kappa shape index (κ1) is 16.2. The molecule has 0 aromatic heterocycles. The van der Waals surface area contributed by atoms with E-state index in [0.29, 0.717) is 6.04 Å². The van der Waals surface area contributed by atoms with Crippen molar-refractivity contribution in [3.8, 4) is 11.5 Å². The summed E-state index contributed by atoms with van der Waals surface area (Å²) in [6, 6.07) is 6.53. The molecule has 108 valence electrons. The van der Waals surface area contributed by atoms with Crippen LogP contribution in [0, 0.1) is 0 Å². The van der Waals surface area contributed by atoms with Crippen molar-refractivity contribution in [3.63, 3.8) is 0 Å². The minimum Gasteiger partial charge on any atom is -0.493 e. The van der Waals surface area contributed by atoms with Crippen molar-refractivity contribution in [1.29, 1.82) is 0 Å². The fourth-order valence-corrected chi connectivity index (χ4v) is 2.68. The number of hydrogen-bond donors (Lipinski definition) is 1. The summed E-state index contributed by atoms with van der Waals surface area (Å²) in [5.74, 6) is 3.79. The van der Waals surface area contributed by atoms with Gasteiger partial charge in [-0.3, -0.25) is 0 Å². The minimum atomic E-state index is 0.365. The Morgan fingerprint density at radius 3 is 2.47 bits per heavy atom. The molecule has 1 N–H and O–H groups in total. The predicted molar refractivity (Wildman–Crippen MR) is 83.6 cm³/mol. The van der Waals surface area contributed by atoms with Crippen LogP contribution in [0.25, 0.3) is 0 Å². The zero-order chi connectivity index (χ0) is 14.1. The lowest BCUT2D eigenvalue weighted by Gasteiger charge is -2.20. The molecule has 4 heteroatoms. The molecular weight excluding hydrogens is 258 g/mol. The first-order valence-electron chi connectivity index (χ1n) is 6.79. The Labute approximate surface area is 121 Å². The normalized spacial score (nSPS) is 12.2. The smallest absolute Gasteiger partial charge is 0.161 e. The molecule has 1 aromatic carbocycles.